The first-order valence-electron chi connectivity index (χ1n) is 9.50. The van der Waals surface area contributed by atoms with Gasteiger partial charge in [-0.3, -0.25) is 13.9 Å². The number of benzene rings is 1. The van der Waals surface area contributed by atoms with Gasteiger partial charge in [0.25, 0.3) is 5.56 Å². The van der Waals surface area contributed by atoms with E-state index in [1.54, 1.807) is 25.5 Å². The first kappa shape index (κ1) is 19.9. The zero-order valence-electron chi connectivity index (χ0n) is 16.6. The molecule has 1 aromatic carbocycles. The van der Waals surface area contributed by atoms with Crippen molar-refractivity contribution in [1.82, 2.24) is 24.0 Å². The predicted octanol–water partition coefficient (Wildman–Crippen LogP) is 1.14. The van der Waals surface area contributed by atoms with E-state index in [2.05, 4.69) is 17.2 Å². The maximum Gasteiger partial charge on any atom is 0.332 e. The number of nitrogens with zero attached hydrogens (tertiary/aromatic N) is 4. The van der Waals surface area contributed by atoms with Crippen LogP contribution in [0.25, 0.3) is 11.2 Å². The Kier molecular flexibility index (Phi) is 5.99. The van der Waals surface area contributed by atoms with Gasteiger partial charge >= 0.3 is 5.69 Å². The normalized spacial score (nSPS) is 12.5. The van der Waals surface area contributed by atoms with Crippen molar-refractivity contribution in [2.24, 2.45) is 14.1 Å². The van der Waals surface area contributed by atoms with E-state index in [1.165, 1.54) is 11.6 Å². The third-order valence-electron chi connectivity index (χ3n) is 5.07. The van der Waals surface area contributed by atoms with Crippen LogP contribution < -0.4 is 16.6 Å². The molecule has 2 heterocycles. The Morgan fingerprint density at radius 3 is 2.75 bits per heavy atom. The molecule has 0 spiro atoms. The zero-order chi connectivity index (χ0) is 20.3. The quantitative estimate of drug-likeness (QED) is 0.567. The molecule has 2 N–H and O–H groups in total. The highest BCUT2D eigenvalue weighted by Gasteiger charge is 2.14. The lowest BCUT2D eigenvalue weighted by atomic mass is 10.1. The molecule has 0 fully saturated rings. The molecule has 0 aliphatic heterocycles. The molecule has 3 aromatic rings. The van der Waals surface area contributed by atoms with Gasteiger partial charge in [0.15, 0.2) is 11.2 Å². The van der Waals surface area contributed by atoms with Crippen LogP contribution in [0.2, 0.25) is 0 Å². The molecule has 8 heteroatoms. The molecule has 0 amide bonds. The second-order valence-corrected chi connectivity index (χ2v) is 7.23. The lowest BCUT2D eigenvalue weighted by molar-refractivity contribution is 0.470. The Morgan fingerprint density at radius 2 is 2.00 bits per heavy atom. The van der Waals surface area contributed by atoms with Crippen LogP contribution in [0.1, 0.15) is 25.3 Å². The Balaban J connectivity index is 1.54. The average Bonchev–Trinajstić information content (AvgIpc) is 3.10. The molecular formula is C20H27N5O3. The van der Waals surface area contributed by atoms with E-state index in [9.17, 15) is 14.7 Å². The van der Waals surface area contributed by atoms with Crippen LogP contribution in [0.4, 0.5) is 0 Å². The molecule has 8 nitrogen and oxygen atoms in total. The predicted molar refractivity (Wildman–Crippen MR) is 109 cm³/mol. The summed E-state index contributed by atoms with van der Waals surface area (Å²) in [6.45, 7) is 3.63. The highest BCUT2D eigenvalue weighted by molar-refractivity contribution is 5.69. The van der Waals surface area contributed by atoms with Crippen molar-refractivity contribution in [1.29, 1.82) is 0 Å². The van der Waals surface area contributed by atoms with Gasteiger partial charge < -0.3 is 15.0 Å². The van der Waals surface area contributed by atoms with Crippen molar-refractivity contribution < 1.29 is 5.11 Å². The molecule has 0 aliphatic rings. The van der Waals surface area contributed by atoms with E-state index >= 15 is 0 Å². The topological polar surface area (TPSA) is 94.1 Å². The van der Waals surface area contributed by atoms with Gasteiger partial charge in [-0.2, -0.15) is 0 Å². The molecule has 0 aliphatic carbocycles. The van der Waals surface area contributed by atoms with E-state index in [-0.39, 0.29) is 17.3 Å². The maximum absolute atomic E-state index is 12.5. The Bertz CT molecular complexity index is 1080. The van der Waals surface area contributed by atoms with Crippen molar-refractivity contribution >= 4 is 11.2 Å². The molecule has 0 saturated carbocycles. The lowest BCUT2D eigenvalue weighted by Gasteiger charge is -2.14. The SMILES string of the molecule is CC(CCn1cnc2c1c(=O)n(C)c(=O)n2C)NCCCc1cccc(O)c1. The summed E-state index contributed by atoms with van der Waals surface area (Å²) < 4.78 is 4.34. The average molecular weight is 385 g/mol. The van der Waals surface area contributed by atoms with Crippen LogP contribution in [-0.4, -0.2) is 36.4 Å². The molecule has 2 aromatic heterocycles. The van der Waals surface area contributed by atoms with Crippen LogP contribution in [-0.2, 0) is 27.1 Å². The van der Waals surface area contributed by atoms with E-state index in [1.807, 2.05) is 16.7 Å². The van der Waals surface area contributed by atoms with Gasteiger partial charge in [0.1, 0.15) is 5.75 Å². The number of imidazole rings is 1. The number of hydrogen-bond donors (Lipinski definition) is 2. The van der Waals surface area contributed by atoms with Crippen LogP contribution >= 0.6 is 0 Å². The second-order valence-electron chi connectivity index (χ2n) is 7.23. The number of phenolic OH excluding ortho intramolecular Hbond substituents is 1. The van der Waals surface area contributed by atoms with Crippen LogP contribution in [0.5, 0.6) is 5.75 Å². The van der Waals surface area contributed by atoms with Gasteiger partial charge in [0.2, 0.25) is 0 Å². The summed E-state index contributed by atoms with van der Waals surface area (Å²) in [5, 5.41) is 13.0. The summed E-state index contributed by atoms with van der Waals surface area (Å²) >= 11 is 0. The molecule has 150 valence electrons. The summed E-state index contributed by atoms with van der Waals surface area (Å²) in [4.78, 5) is 28.7. The minimum Gasteiger partial charge on any atom is -0.508 e. The number of phenols is 1. The maximum atomic E-state index is 12.5. The number of rotatable bonds is 8. The van der Waals surface area contributed by atoms with Crippen molar-refractivity contribution in [3.63, 3.8) is 0 Å². The number of aromatic nitrogens is 4. The van der Waals surface area contributed by atoms with E-state index in [0.717, 1.165) is 35.9 Å². The van der Waals surface area contributed by atoms with Gasteiger partial charge in [0.05, 0.1) is 6.33 Å². The highest BCUT2D eigenvalue weighted by Crippen LogP contribution is 2.12. The van der Waals surface area contributed by atoms with Crippen molar-refractivity contribution in [2.45, 2.75) is 38.8 Å². The van der Waals surface area contributed by atoms with Crippen LogP contribution in [0.3, 0.4) is 0 Å². The smallest absolute Gasteiger partial charge is 0.332 e. The van der Waals surface area contributed by atoms with Crippen LogP contribution in [0, 0.1) is 0 Å². The van der Waals surface area contributed by atoms with Crippen molar-refractivity contribution in [2.75, 3.05) is 6.54 Å². The molecule has 0 saturated heterocycles. The monoisotopic (exact) mass is 385 g/mol. The summed E-state index contributed by atoms with van der Waals surface area (Å²) in [5.41, 5.74) is 1.31. The Hall–Kier alpha value is -2.87. The Labute approximate surface area is 163 Å². The number of hydrogen-bond acceptors (Lipinski definition) is 5. The number of aryl methyl sites for hydroxylation is 3. The summed E-state index contributed by atoms with van der Waals surface area (Å²) in [6.07, 6.45) is 4.35. The van der Waals surface area contributed by atoms with Crippen molar-refractivity contribution in [3.05, 3.63) is 57.0 Å². The standard InChI is InChI=1S/C20H27N5O3/c1-14(21-10-5-7-15-6-4-8-16(26)12-15)9-11-25-13-22-18-17(25)19(27)24(3)20(28)23(18)2/h4,6,8,12-14,21,26H,5,7,9-11H2,1-3H3. The second kappa shape index (κ2) is 8.43. The minimum atomic E-state index is -0.371. The molecule has 1 unspecified atom stereocenters. The van der Waals surface area contributed by atoms with Gasteiger partial charge in [-0.05, 0) is 50.4 Å². The van der Waals surface area contributed by atoms with Gasteiger partial charge in [-0.1, -0.05) is 12.1 Å². The minimum absolute atomic E-state index is 0.276. The Morgan fingerprint density at radius 1 is 1.21 bits per heavy atom. The molecule has 3 rings (SSSR count). The van der Waals surface area contributed by atoms with E-state index in [4.69, 9.17) is 0 Å². The fourth-order valence-corrected chi connectivity index (χ4v) is 3.35. The lowest BCUT2D eigenvalue weighted by Crippen LogP contribution is -2.37. The number of nitrogens with one attached hydrogen (secondary N) is 1. The fraction of sp³-hybridized carbons (Fsp3) is 0.450. The molecular weight excluding hydrogens is 358 g/mol. The van der Waals surface area contributed by atoms with Gasteiger partial charge in [-0.15, -0.1) is 0 Å². The third kappa shape index (κ3) is 4.17. The largest absolute Gasteiger partial charge is 0.508 e. The van der Waals surface area contributed by atoms with Gasteiger partial charge in [0, 0.05) is 26.7 Å². The molecule has 0 radical (unpaired) electrons. The molecule has 28 heavy (non-hydrogen) atoms. The third-order valence-corrected chi connectivity index (χ3v) is 5.07. The van der Waals surface area contributed by atoms with E-state index in [0.29, 0.717) is 23.5 Å². The first-order valence-corrected chi connectivity index (χ1v) is 9.50. The summed E-state index contributed by atoms with van der Waals surface area (Å²) in [6, 6.07) is 7.62. The zero-order valence-corrected chi connectivity index (χ0v) is 16.6. The number of aromatic hydroxyl groups is 1. The molecule has 1 atom stereocenters. The van der Waals surface area contributed by atoms with E-state index < -0.39 is 0 Å². The van der Waals surface area contributed by atoms with Gasteiger partial charge in [-0.25, -0.2) is 9.78 Å². The summed E-state index contributed by atoms with van der Waals surface area (Å²) in [7, 11) is 3.11. The first-order chi connectivity index (χ1) is 13.4. The number of fused-ring (bicyclic) bond motifs is 1. The van der Waals surface area contributed by atoms with Crippen LogP contribution in [0.15, 0.2) is 40.2 Å². The molecule has 0 bridgehead atoms. The summed E-state index contributed by atoms with van der Waals surface area (Å²) in [5.74, 6) is 0.301. The van der Waals surface area contributed by atoms with Crippen molar-refractivity contribution in [3.8, 4) is 5.75 Å². The fourth-order valence-electron chi connectivity index (χ4n) is 3.35. The highest BCUT2D eigenvalue weighted by atomic mass is 16.3.